The molecule has 0 aromatic carbocycles. The van der Waals surface area contributed by atoms with Crippen LogP contribution in [0.1, 0.15) is 17.4 Å². The summed E-state index contributed by atoms with van der Waals surface area (Å²) >= 11 is 1.76. The molecule has 1 rings (SSSR count). The van der Waals surface area contributed by atoms with Crippen LogP contribution in [0.25, 0.3) is 6.08 Å². The molecule has 0 fully saturated rings. The van der Waals surface area contributed by atoms with Crippen molar-refractivity contribution in [1.82, 2.24) is 0 Å². The molecule has 0 atom stereocenters. The van der Waals surface area contributed by atoms with Gasteiger partial charge in [0.05, 0.1) is 0 Å². The standard InChI is InChI=1S/C9H11NS/c1-3-10-5-4-9-6-8(2)11-7-9/h3-7H,1-2H3/b5-4-,10-3?. The second-order valence-electron chi connectivity index (χ2n) is 2.21. The van der Waals surface area contributed by atoms with Gasteiger partial charge in [-0.3, -0.25) is 4.99 Å². The first kappa shape index (κ1) is 8.21. The summed E-state index contributed by atoms with van der Waals surface area (Å²) in [5.41, 5.74) is 1.23. The fourth-order valence-corrected chi connectivity index (χ4v) is 1.44. The zero-order valence-electron chi connectivity index (χ0n) is 6.74. The van der Waals surface area contributed by atoms with E-state index in [2.05, 4.69) is 23.4 Å². The molecule has 0 aliphatic carbocycles. The highest BCUT2D eigenvalue weighted by atomic mass is 32.1. The van der Waals surface area contributed by atoms with E-state index >= 15 is 0 Å². The summed E-state index contributed by atoms with van der Waals surface area (Å²) in [6.45, 7) is 4.01. The molecule has 0 N–H and O–H groups in total. The van der Waals surface area contributed by atoms with E-state index in [4.69, 9.17) is 0 Å². The van der Waals surface area contributed by atoms with Crippen molar-refractivity contribution in [3.63, 3.8) is 0 Å². The van der Waals surface area contributed by atoms with E-state index in [1.165, 1.54) is 10.4 Å². The summed E-state index contributed by atoms with van der Waals surface area (Å²) in [6, 6.07) is 2.15. The highest BCUT2D eigenvalue weighted by Gasteiger charge is 1.88. The predicted molar refractivity (Wildman–Crippen MR) is 52.3 cm³/mol. The minimum atomic E-state index is 1.23. The van der Waals surface area contributed by atoms with Crippen LogP contribution >= 0.6 is 11.3 Å². The van der Waals surface area contributed by atoms with E-state index < -0.39 is 0 Å². The minimum absolute atomic E-state index is 1.23. The highest BCUT2D eigenvalue weighted by Crippen LogP contribution is 2.13. The van der Waals surface area contributed by atoms with Gasteiger partial charge in [0.15, 0.2) is 0 Å². The van der Waals surface area contributed by atoms with Crippen LogP contribution in [-0.2, 0) is 0 Å². The van der Waals surface area contributed by atoms with Crippen LogP contribution in [0.3, 0.4) is 0 Å². The SMILES string of the molecule is CC=N/C=C\c1csc(C)c1. The van der Waals surface area contributed by atoms with Gasteiger partial charge in [0.1, 0.15) is 0 Å². The highest BCUT2D eigenvalue weighted by molar-refractivity contribution is 7.10. The molecule has 2 heteroatoms. The van der Waals surface area contributed by atoms with Gasteiger partial charge in [-0.05, 0) is 36.9 Å². The van der Waals surface area contributed by atoms with Crippen molar-refractivity contribution in [2.75, 3.05) is 0 Å². The van der Waals surface area contributed by atoms with Crippen LogP contribution in [0.2, 0.25) is 0 Å². The minimum Gasteiger partial charge on any atom is -0.269 e. The first-order valence-electron chi connectivity index (χ1n) is 3.52. The van der Waals surface area contributed by atoms with E-state index in [9.17, 15) is 0 Å². The first-order chi connectivity index (χ1) is 5.33. The Morgan fingerprint density at radius 2 is 2.36 bits per heavy atom. The van der Waals surface area contributed by atoms with Crippen LogP contribution in [0.5, 0.6) is 0 Å². The molecule has 0 unspecified atom stereocenters. The zero-order valence-corrected chi connectivity index (χ0v) is 7.56. The Kier molecular flexibility index (Phi) is 3.05. The molecule has 0 aliphatic rings. The van der Waals surface area contributed by atoms with Crippen LogP contribution in [0, 0.1) is 6.92 Å². The van der Waals surface area contributed by atoms with Gasteiger partial charge in [0.25, 0.3) is 0 Å². The maximum Gasteiger partial charge on any atom is 0.0269 e. The van der Waals surface area contributed by atoms with Crippen molar-refractivity contribution in [3.05, 3.63) is 28.1 Å². The molecule has 1 nitrogen and oxygen atoms in total. The van der Waals surface area contributed by atoms with Crippen molar-refractivity contribution in [1.29, 1.82) is 0 Å². The summed E-state index contributed by atoms with van der Waals surface area (Å²) in [5.74, 6) is 0. The Morgan fingerprint density at radius 3 is 2.91 bits per heavy atom. The van der Waals surface area contributed by atoms with Gasteiger partial charge in [-0.15, -0.1) is 11.3 Å². The van der Waals surface area contributed by atoms with Gasteiger partial charge in [0, 0.05) is 17.3 Å². The quantitative estimate of drug-likeness (QED) is 0.597. The third-order valence-corrected chi connectivity index (χ3v) is 2.13. The molecular formula is C9H11NS. The lowest BCUT2D eigenvalue weighted by Gasteiger charge is -1.78. The summed E-state index contributed by atoms with van der Waals surface area (Å²) in [4.78, 5) is 5.31. The predicted octanol–water partition coefficient (Wildman–Crippen LogP) is 3.12. The smallest absolute Gasteiger partial charge is 0.0269 e. The Morgan fingerprint density at radius 1 is 1.55 bits per heavy atom. The largest absolute Gasteiger partial charge is 0.269 e. The van der Waals surface area contributed by atoms with Gasteiger partial charge in [-0.25, -0.2) is 0 Å². The summed E-state index contributed by atoms with van der Waals surface area (Å²) in [7, 11) is 0. The van der Waals surface area contributed by atoms with Crippen LogP contribution < -0.4 is 0 Å². The second kappa shape index (κ2) is 4.09. The number of hydrogen-bond donors (Lipinski definition) is 0. The van der Waals surface area contributed by atoms with E-state index in [1.54, 1.807) is 17.6 Å². The molecule has 58 valence electrons. The Labute approximate surface area is 71.1 Å². The molecule has 1 heterocycles. The lowest BCUT2D eigenvalue weighted by atomic mass is 10.3. The van der Waals surface area contributed by atoms with Gasteiger partial charge in [-0.1, -0.05) is 0 Å². The fraction of sp³-hybridized carbons (Fsp3) is 0.222. The van der Waals surface area contributed by atoms with Gasteiger partial charge in [-0.2, -0.15) is 0 Å². The number of thiophene rings is 1. The summed E-state index contributed by atoms with van der Waals surface area (Å²) < 4.78 is 0. The zero-order chi connectivity index (χ0) is 8.10. The van der Waals surface area contributed by atoms with Crippen LogP contribution in [0.15, 0.2) is 22.6 Å². The van der Waals surface area contributed by atoms with E-state index in [-0.39, 0.29) is 0 Å². The molecule has 0 aliphatic heterocycles. The summed E-state index contributed by atoms with van der Waals surface area (Å²) in [5, 5.41) is 2.12. The maximum absolute atomic E-state index is 3.98. The van der Waals surface area contributed by atoms with Crippen molar-refractivity contribution >= 4 is 23.6 Å². The number of nitrogens with zero attached hydrogens (tertiary/aromatic N) is 1. The monoisotopic (exact) mass is 165 g/mol. The second-order valence-corrected chi connectivity index (χ2v) is 3.33. The number of hydrogen-bond acceptors (Lipinski definition) is 2. The molecule has 0 spiro atoms. The molecule has 0 saturated carbocycles. The van der Waals surface area contributed by atoms with E-state index in [1.807, 2.05) is 19.2 Å². The normalized spacial score (nSPS) is 11.8. The van der Waals surface area contributed by atoms with Crippen molar-refractivity contribution in [2.45, 2.75) is 13.8 Å². The average Bonchev–Trinajstić information content (AvgIpc) is 2.37. The average molecular weight is 165 g/mol. The Hall–Kier alpha value is -0.890. The lowest BCUT2D eigenvalue weighted by Crippen LogP contribution is -1.60. The number of aliphatic imine (C=N–C) groups is 1. The molecule has 1 aromatic rings. The summed E-state index contributed by atoms with van der Waals surface area (Å²) in [6.07, 6.45) is 5.58. The molecule has 0 bridgehead atoms. The Balaban J connectivity index is 2.64. The molecule has 0 radical (unpaired) electrons. The van der Waals surface area contributed by atoms with Gasteiger partial charge >= 0.3 is 0 Å². The van der Waals surface area contributed by atoms with Crippen LogP contribution in [-0.4, -0.2) is 6.21 Å². The maximum atomic E-state index is 3.98. The van der Waals surface area contributed by atoms with E-state index in [0.717, 1.165) is 0 Å². The third kappa shape index (κ3) is 2.68. The molecular weight excluding hydrogens is 154 g/mol. The first-order valence-corrected chi connectivity index (χ1v) is 4.40. The molecule has 0 amide bonds. The molecule has 0 saturated heterocycles. The molecule has 11 heavy (non-hydrogen) atoms. The fourth-order valence-electron chi connectivity index (χ4n) is 0.766. The topological polar surface area (TPSA) is 12.4 Å². The van der Waals surface area contributed by atoms with Crippen LogP contribution in [0.4, 0.5) is 0 Å². The van der Waals surface area contributed by atoms with Crippen molar-refractivity contribution in [2.24, 2.45) is 4.99 Å². The number of rotatable bonds is 2. The van der Waals surface area contributed by atoms with Gasteiger partial charge in [0.2, 0.25) is 0 Å². The molecule has 1 aromatic heterocycles. The van der Waals surface area contributed by atoms with E-state index in [0.29, 0.717) is 0 Å². The number of aryl methyl sites for hydroxylation is 1. The third-order valence-electron chi connectivity index (χ3n) is 1.25. The Bertz CT molecular complexity index is 271. The van der Waals surface area contributed by atoms with Gasteiger partial charge < -0.3 is 0 Å². The van der Waals surface area contributed by atoms with Crippen molar-refractivity contribution < 1.29 is 0 Å². The van der Waals surface area contributed by atoms with Crippen molar-refractivity contribution in [3.8, 4) is 0 Å². The lowest BCUT2D eigenvalue weighted by molar-refractivity contribution is 1.58.